The fourth-order valence-electron chi connectivity index (χ4n) is 2.17. The molecule has 1 aliphatic heterocycles. The molecular formula is C13H18N2O4S. The Kier molecular flexibility index (Phi) is 3.51. The number of fused-ring (bicyclic) bond motifs is 1. The summed E-state index contributed by atoms with van der Waals surface area (Å²) in [5.41, 5.74) is 0.781. The molecule has 0 saturated carbocycles. The molecule has 0 amide bonds. The molecule has 0 aromatic heterocycles. The summed E-state index contributed by atoms with van der Waals surface area (Å²) in [5, 5.41) is 9.01. The lowest BCUT2D eigenvalue weighted by Crippen LogP contribution is -2.48. The molecule has 1 aromatic carbocycles. The van der Waals surface area contributed by atoms with Crippen LogP contribution >= 0.6 is 0 Å². The van der Waals surface area contributed by atoms with E-state index < -0.39 is 21.7 Å². The monoisotopic (exact) mass is 298 g/mol. The molecule has 6 nitrogen and oxygen atoms in total. The van der Waals surface area contributed by atoms with Crippen molar-refractivity contribution in [3.8, 4) is 0 Å². The normalized spacial score (nSPS) is 15.2. The van der Waals surface area contributed by atoms with Crippen molar-refractivity contribution in [3.63, 3.8) is 0 Å². The molecule has 0 aliphatic carbocycles. The first-order valence-corrected chi connectivity index (χ1v) is 7.72. The number of carboxylic acid groups (broad SMARTS) is 1. The quantitative estimate of drug-likeness (QED) is 0.882. The highest BCUT2D eigenvalue weighted by Crippen LogP contribution is 2.31. The Hall–Kier alpha value is -1.60. The zero-order valence-corrected chi connectivity index (χ0v) is 12.5. The maximum Gasteiger partial charge on any atom is 0.335 e. The van der Waals surface area contributed by atoms with Gasteiger partial charge in [0.25, 0.3) is 0 Å². The van der Waals surface area contributed by atoms with Crippen molar-refractivity contribution in [1.82, 2.24) is 4.72 Å². The third-order valence-electron chi connectivity index (χ3n) is 2.91. The third kappa shape index (κ3) is 2.94. The smallest absolute Gasteiger partial charge is 0.335 e. The molecule has 1 aromatic rings. The maximum atomic E-state index is 12.4. The summed E-state index contributed by atoms with van der Waals surface area (Å²) in [6.07, 6.45) is 0.584. The minimum Gasteiger partial charge on any atom is -0.478 e. The molecule has 0 spiro atoms. The van der Waals surface area contributed by atoms with Gasteiger partial charge in [0.05, 0.1) is 11.3 Å². The highest BCUT2D eigenvalue weighted by molar-refractivity contribution is 7.91. The number of aromatic carboxylic acids is 1. The lowest BCUT2D eigenvalue weighted by molar-refractivity contribution is 0.0697. The summed E-state index contributed by atoms with van der Waals surface area (Å²) >= 11 is 0. The van der Waals surface area contributed by atoms with Crippen molar-refractivity contribution in [3.05, 3.63) is 29.3 Å². The van der Waals surface area contributed by atoms with Crippen LogP contribution in [0.1, 0.15) is 36.7 Å². The molecule has 0 radical (unpaired) electrons. The van der Waals surface area contributed by atoms with Gasteiger partial charge < -0.3 is 5.11 Å². The SMILES string of the molecule is CC(C)(C)NS(=O)(=O)N1CCc2ccc(C(=O)O)cc21. The zero-order valence-electron chi connectivity index (χ0n) is 11.7. The van der Waals surface area contributed by atoms with E-state index in [0.717, 1.165) is 5.56 Å². The van der Waals surface area contributed by atoms with E-state index in [9.17, 15) is 13.2 Å². The van der Waals surface area contributed by atoms with Crippen molar-refractivity contribution in [2.45, 2.75) is 32.7 Å². The van der Waals surface area contributed by atoms with E-state index >= 15 is 0 Å². The van der Waals surface area contributed by atoms with E-state index in [0.29, 0.717) is 18.7 Å². The van der Waals surface area contributed by atoms with Crippen LogP contribution in [0.15, 0.2) is 18.2 Å². The summed E-state index contributed by atoms with van der Waals surface area (Å²) in [7, 11) is -3.68. The Morgan fingerprint density at radius 2 is 2.00 bits per heavy atom. The van der Waals surface area contributed by atoms with Crippen LogP contribution in [0.4, 0.5) is 5.69 Å². The molecule has 0 atom stereocenters. The van der Waals surface area contributed by atoms with Gasteiger partial charge in [-0.15, -0.1) is 0 Å². The number of nitrogens with zero attached hydrogens (tertiary/aromatic N) is 1. The molecule has 0 unspecified atom stereocenters. The highest BCUT2D eigenvalue weighted by Gasteiger charge is 2.32. The lowest BCUT2D eigenvalue weighted by Gasteiger charge is -2.26. The van der Waals surface area contributed by atoms with Crippen LogP contribution in [0, 0.1) is 0 Å². The van der Waals surface area contributed by atoms with Gasteiger partial charge in [-0.1, -0.05) is 6.07 Å². The minimum atomic E-state index is -3.68. The number of hydrogen-bond acceptors (Lipinski definition) is 3. The topological polar surface area (TPSA) is 86.7 Å². The van der Waals surface area contributed by atoms with Crippen molar-refractivity contribution < 1.29 is 18.3 Å². The van der Waals surface area contributed by atoms with Crippen LogP contribution < -0.4 is 9.03 Å². The van der Waals surface area contributed by atoms with Gasteiger partial charge in [-0.3, -0.25) is 4.31 Å². The molecule has 0 fully saturated rings. The minimum absolute atomic E-state index is 0.0848. The number of anilines is 1. The van der Waals surface area contributed by atoms with Gasteiger partial charge >= 0.3 is 16.2 Å². The standard InChI is InChI=1S/C13H18N2O4S/c1-13(2,3)14-20(18,19)15-7-6-9-4-5-10(12(16)17)8-11(9)15/h4-5,8,14H,6-7H2,1-3H3,(H,16,17). The predicted molar refractivity (Wildman–Crippen MR) is 76.3 cm³/mol. The van der Waals surface area contributed by atoms with Gasteiger partial charge in [0.2, 0.25) is 0 Å². The maximum absolute atomic E-state index is 12.4. The number of benzene rings is 1. The van der Waals surface area contributed by atoms with E-state index in [1.165, 1.54) is 16.4 Å². The molecule has 0 bridgehead atoms. The van der Waals surface area contributed by atoms with Gasteiger partial charge in [0.15, 0.2) is 0 Å². The molecule has 7 heteroatoms. The van der Waals surface area contributed by atoms with E-state index in [-0.39, 0.29) is 5.56 Å². The van der Waals surface area contributed by atoms with Crippen LogP contribution in [0.3, 0.4) is 0 Å². The summed E-state index contributed by atoms with van der Waals surface area (Å²) in [4.78, 5) is 11.0. The van der Waals surface area contributed by atoms with Crippen LogP contribution in [0.5, 0.6) is 0 Å². The first-order valence-electron chi connectivity index (χ1n) is 6.28. The first-order chi connectivity index (χ1) is 9.10. The molecule has 20 heavy (non-hydrogen) atoms. The van der Waals surface area contributed by atoms with Crippen LogP contribution in [0.25, 0.3) is 0 Å². The van der Waals surface area contributed by atoms with Gasteiger partial charge in [-0.05, 0) is 44.9 Å². The lowest BCUT2D eigenvalue weighted by atomic mass is 10.1. The van der Waals surface area contributed by atoms with E-state index in [1.807, 2.05) is 0 Å². The Labute approximate surface area is 118 Å². The van der Waals surface area contributed by atoms with Crippen molar-refractivity contribution in [2.24, 2.45) is 0 Å². The number of carbonyl (C=O) groups is 1. The van der Waals surface area contributed by atoms with Gasteiger partial charge in [-0.25, -0.2) is 4.79 Å². The molecule has 1 heterocycles. The Balaban J connectivity index is 2.40. The fourth-order valence-corrected chi connectivity index (χ4v) is 3.82. The number of carboxylic acids is 1. The Morgan fingerprint density at radius 3 is 2.55 bits per heavy atom. The number of rotatable bonds is 3. The predicted octanol–water partition coefficient (Wildman–Crippen LogP) is 1.38. The van der Waals surface area contributed by atoms with Crippen LogP contribution in [-0.4, -0.2) is 31.6 Å². The summed E-state index contributed by atoms with van der Waals surface area (Å²) < 4.78 is 28.5. The third-order valence-corrected chi connectivity index (χ3v) is 4.74. The van der Waals surface area contributed by atoms with E-state index in [4.69, 9.17) is 5.11 Å². The first kappa shape index (κ1) is 14.8. The van der Waals surface area contributed by atoms with E-state index in [2.05, 4.69) is 4.72 Å². The molecule has 1 aliphatic rings. The molecule has 0 saturated heterocycles. The average Bonchev–Trinajstić information content (AvgIpc) is 2.68. The van der Waals surface area contributed by atoms with Gasteiger partial charge in [-0.2, -0.15) is 13.1 Å². The van der Waals surface area contributed by atoms with Crippen molar-refractivity contribution in [1.29, 1.82) is 0 Å². The number of nitrogens with one attached hydrogen (secondary N) is 1. The van der Waals surface area contributed by atoms with Gasteiger partial charge in [0.1, 0.15) is 0 Å². The zero-order chi connectivity index (χ0) is 15.1. The Morgan fingerprint density at radius 1 is 1.35 bits per heavy atom. The van der Waals surface area contributed by atoms with Crippen molar-refractivity contribution in [2.75, 3.05) is 10.8 Å². The second kappa shape index (κ2) is 4.75. The summed E-state index contributed by atoms with van der Waals surface area (Å²) in [6, 6.07) is 4.58. The molecule has 2 N–H and O–H groups in total. The van der Waals surface area contributed by atoms with E-state index in [1.54, 1.807) is 26.8 Å². The average molecular weight is 298 g/mol. The van der Waals surface area contributed by atoms with Crippen LogP contribution in [0.2, 0.25) is 0 Å². The second-order valence-corrected chi connectivity index (χ2v) is 7.42. The largest absolute Gasteiger partial charge is 0.478 e. The van der Waals surface area contributed by atoms with Crippen molar-refractivity contribution >= 4 is 21.9 Å². The molecule has 110 valence electrons. The van der Waals surface area contributed by atoms with Gasteiger partial charge in [0, 0.05) is 12.1 Å². The second-order valence-electron chi connectivity index (χ2n) is 5.83. The molecular weight excluding hydrogens is 280 g/mol. The fraction of sp³-hybridized carbons (Fsp3) is 0.462. The number of hydrogen-bond donors (Lipinski definition) is 2. The highest BCUT2D eigenvalue weighted by atomic mass is 32.2. The van der Waals surface area contributed by atoms with Crippen LogP contribution in [-0.2, 0) is 16.6 Å². The summed E-state index contributed by atoms with van der Waals surface area (Å²) in [6.45, 7) is 5.60. The molecule has 2 rings (SSSR count). The Bertz CT molecular complexity index is 647. The summed E-state index contributed by atoms with van der Waals surface area (Å²) in [5.74, 6) is -1.07.